The molecule has 8 nitrogen and oxygen atoms in total. The summed E-state index contributed by atoms with van der Waals surface area (Å²) in [6, 6.07) is 16.8. The van der Waals surface area contributed by atoms with Gasteiger partial charge in [0.2, 0.25) is 17.7 Å². The van der Waals surface area contributed by atoms with E-state index in [2.05, 4.69) is 5.32 Å². The summed E-state index contributed by atoms with van der Waals surface area (Å²) in [5.74, 6) is -1.27. The molecule has 1 fully saturated rings. The van der Waals surface area contributed by atoms with Crippen LogP contribution < -0.4 is 5.32 Å². The fourth-order valence-corrected chi connectivity index (χ4v) is 3.27. The standard InChI is InChI=1S/C25H34N2O6/c1-2-31-16-17-33-19-18-32-15-13-26-23(28)12-14-27-24(29)20-22(25(27)30)21-10-8-6-4-3-5-7-9-11-21/h3-11,22H,2,12-20H2,1H3,(H,26,28). The predicted octanol–water partition coefficient (Wildman–Crippen LogP) is 2.23. The Morgan fingerprint density at radius 1 is 0.909 bits per heavy atom. The average Bonchev–Trinajstić information content (AvgIpc) is 3.10. The van der Waals surface area contributed by atoms with Gasteiger partial charge in [0.1, 0.15) is 0 Å². The Hall–Kier alpha value is -2.81. The van der Waals surface area contributed by atoms with Crippen molar-refractivity contribution in [2.24, 2.45) is 0 Å². The Morgan fingerprint density at radius 2 is 1.48 bits per heavy atom. The predicted molar refractivity (Wildman–Crippen MR) is 124 cm³/mol. The lowest BCUT2D eigenvalue weighted by molar-refractivity contribution is -0.139. The molecule has 0 aromatic heterocycles. The molecule has 3 amide bonds. The van der Waals surface area contributed by atoms with Crippen LogP contribution in [0.2, 0.25) is 0 Å². The molecule has 1 aromatic carbocycles. The maximum atomic E-state index is 12.8. The molecule has 1 unspecified atom stereocenters. The molecule has 1 atom stereocenters. The molecule has 1 aliphatic rings. The summed E-state index contributed by atoms with van der Waals surface area (Å²) in [6.07, 6.45) is 0.178. The average molecular weight is 459 g/mol. The molecule has 1 aliphatic heterocycles. The molecule has 8 heteroatoms. The van der Waals surface area contributed by atoms with E-state index in [0.29, 0.717) is 46.2 Å². The van der Waals surface area contributed by atoms with Crippen LogP contribution in [0.15, 0.2) is 54.6 Å². The minimum Gasteiger partial charge on any atom is -0.379 e. The third-order valence-corrected chi connectivity index (χ3v) is 4.97. The van der Waals surface area contributed by atoms with E-state index in [-0.39, 0.29) is 37.1 Å². The van der Waals surface area contributed by atoms with Gasteiger partial charge in [0.15, 0.2) is 0 Å². The second-order valence-electron chi connectivity index (χ2n) is 7.34. The van der Waals surface area contributed by atoms with Crippen LogP contribution >= 0.6 is 0 Å². The van der Waals surface area contributed by atoms with Gasteiger partial charge in [0.25, 0.3) is 0 Å². The van der Waals surface area contributed by atoms with Gasteiger partial charge in [-0.25, -0.2) is 0 Å². The maximum absolute atomic E-state index is 12.8. The van der Waals surface area contributed by atoms with Crippen molar-refractivity contribution in [2.75, 3.05) is 52.7 Å². The number of carbonyl (C=O) groups excluding carboxylic acids is 3. The largest absolute Gasteiger partial charge is 0.379 e. The lowest BCUT2D eigenvalue weighted by Gasteiger charge is -2.15. The van der Waals surface area contributed by atoms with Gasteiger partial charge >= 0.3 is 0 Å². The molecule has 0 radical (unpaired) electrons. The van der Waals surface area contributed by atoms with Crippen molar-refractivity contribution in [3.8, 4) is 0 Å². The second kappa shape index (κ2) is 15.9. The molecule has 0 spiro atoms. The van der Waals surface area contributed by atoms with Crippen molar-refractivity contribution < 1.29 is 28.6 Å². The first-order chi connectivity index (χ1) is 16.1. The van der Waals surface area contributed by atoms with Crippen molar-refractivity contribution in [3.63, 3.8) is 0 Å². The van der Waals surface area contributed by atoms with E-state index in [1.165, 1.54) is 4.90 Å². The number of imide groups is 1. The molecule has 180 valence electrons. The highest BCUT2D eigenvalue weighted by molar-refractivity contribution is 6.06. The van der Waals surface area contributed by atoms with Gasteiger partial charge in [-0.2, -0.15) is 0 Å². The van der Waals surface area contributed by atoms with Crippen molar-refractivity contribution in [1.82, 2.24) is 10.2 Å². The highest BCUT2D eigenvalue weighted by atomic mass is 16.5. The first kappa shape index (κ1) is 26.4. The number of rotatable bonds is 14. The number of amides is 3. The molecule has 0 saturated carbocycles. The van der Waals surface area contributed by atoms with Gasteiger partial charge < -0.3 is 19.5 Å². The summed E-state index contributed by atoms with van der Waals surface area (Å²) in [7, 11) is 0. The summed E-state index contributed by atoms with van der Waals surface area (Å²) in [5, 5.41) is 2.74. The van der Waals surface area contributed by atoms with Crippen LogP contribution in [0, 0.1) is 0 Å². The van der Waals surface area contributed by atoms with E-state index in [4.69, 9.17) is 14.2 Å². The Labute approximate surface area is 195 Å². The molecule has 1 heterocycles. The molecule has 33 heavy (non-hydrogen) atoms. The van der Waals surface area contributed by atoms with Crippen LogP contribution in [0.5, 0.6) is 0 Å². The van der Waals surface area contributed by atoms with Crippen LogP contribution in [0.3, 0.4) is 0 Å². The van der Waals surface area contributed by atoms with E-state index in [0.717, 1.165) is 5.56 Å². The van der Waals surface area contributed by atoms with Crippen LogP contribution in [0.25, 0.3) is 0 Å². The Balaban J connectivity index is 1.69. The number of nitrogens with one attached hydrogen (secondary N) is 1. The van der Waals surface area contributed by atoms with E-state index in [9.17, 15) is 14.4 Å². The number of nitrogens with zero attached hydrogens (tertiary/aromatic N) is 1. The third kappa shape index (κ3) is 10.1. The summed E-state index contributed by atoms with van der Waals surface area (Å²) < 4.78 is 15.9. The van der Waals surface area contributed by atoms with E-state index in [1.54, 1.807) is 0 Å². The highest BCUT2D eigenvalue weighted by Gasteiger charge is 2.39. The smallest absolute Gasteiger partial charge is 0.237 e. The van der Waals surface area contributed by atoms with Crippen molar-refractivity contribution in [1.29, 1.82) is 0 Å². The van der Waals surface area contributed by atoms with Gasteiger partial charge in [0.05, 0.1) is 39.0 Å². The summed E-state index contributed by atoms with van der Waals surface area (Å²) >= 11 is 0. The topological polar surface area (TPSA) is 94.2 Å². The Kier molecular flexibility index (Phi) is 12.7. The van der Waals surface area contributed by atoms with Crippen LogP contribution in [0.1, 0.15) is 31.2 Å². The van der Waals surface area contributed by atoms with Crippen LogP contribution in [-0.2, 0) is 28.6 Å². The monoisotopic (exact) mass is 458 g/mol. The molecular weight excluding hydrogens is 424 g/mol. The maximum Gasteiger partial charge on any atom is 0.237 e. The van der Waals surface area contributed by atoms with Gasteiger partial charge in [0, 0.05) is 32.5 Å². The number of hydrogen-bond donors (Lipinski definition) is 1. The summed E-state index contributed by atoms with van der Waals surface area (Å²) in [5.41, 5.74) is 0.774. The number of hydrogen-bond acceptors (Lipinski definition) is 6. The minimum atomic E-state index is -0.526. The summed E-state index contributed by atoms with van der Waals surface area (Å²) in [4.78, 5) is 38.5. The first-order valence-corrected chi connectivity index (χ1v) is 11.4. The lowest BCUT2D eigenvalue weighted by atomic mass is 9.99. The zero-order valence-electron chi connectivity index (χ0n) is 19.2. The molecular formula is C25H34N2O6. The van der Waals surface area contributed by atoms with Crippen molar-refractivity contribution >= 4 is 17.7 Å². The number of ether oxygens (including phenoxy) is 3. The summed E-state index contributed by atoms with van der Waals surface area (Å²) in [6.45, 7) is 5.39. The molecule has 1 N–H and O–H groups in total. The van der Waals surface area contributed by atoms with E-state index < -0.39 is 5.92 Å². The van der Waals surface area contributed by atoms with Gasteiger partial charge in [-0.1, -0.05) is 54.6 Å². The van der Waals surface area contributed by atoms with Gasteiger partial charge in [-0.05, 0) is 12.5 Å². The quantitative estimate of drug-likeness (QED) is 0.339. The van der Waals surface area contributed by atoms with E-state index in [1.807, 2.05) is 61.5 Å². The van der Waals surface area contributed by atoms with Gasteiger partial charge in [-0.15, -0.1) is 0 Å². The SMILES string of the molecule is CCOCCOCCOCCNC(=O)CCN1C(=O)CC(c2ccccccccc2)C1=O. The molecule has 0 bridgehead atoms. The number of carbonyl (C=O) groups is 3. The fourth-order valence-electron chi connectivity index (χ4n) is 3.27. The molecule has 2 rings (SSSR count). The molecule has 1 aromatic rings. The first-order valence-electron chi connectivity index (χ1n) is 11.4. The Morgan fingerprint density at radius 3 is 2.12 bits per heavy atom. The fraction of sp³-hybridized carbons (Fsp3) is 0.480. The second-order valence-corrected chi connectivity index (χ2v) is 7.34. The Bertz CT molecular complexity index is 790. The van der Waals surface area contributed by atoms with Gasteiger partial charge in [-0.3, -0.25) is 19.3 Å². The number of likely N-dealkylation sites (tertiary alicyclic amines) is 1. The molecule has 0 aliphatic carbocycles. The normalized spacial score (nSPS) is 15.4. The van der Waals surface area contributed by atoms with Crippen molar-refractivity contribution in [3.05, 3.63) is 60.2 Å². The lowest BCUT2D eigenvalue weighted by Crippen LogP contribution is -2.35. The zero-order chi connectivity index (χ0) is 23.7. The van der Waals surface area contributed by atoms with E-state index >= 15 is 0 Å². The third-order valence-electron chi connectivity index (χ3n) is 4.97. The van der Waals surface area contributed by atoms with Crippen LogP contribution in [0.4, 0.5) is 0 Å². The minimum absolute atomic E-state index is 0.0626. The van der Waals surface area contributed by atoms with Crippen LogP contribution in [-0.4, -0.2) is 75.4 Å². The zero-order valence-corrected chi connectivity index (χ0v) is 19.2. The molecule has 1 saturated heterocycles. The van der Waals surface area contributed by atoms with Crippen molar-refractivity contribution in [2.45, 2.75) is 25.7 Å². The highest BCUT2D eigenvalue weighted by Crippen LogP contribution is 2.29.